The maximum absolute atomic E-state index is 14.4. The monoisotopic (exact) mass is 585 g/mol. The van der Waals surface area contributed by atoms with Gasteiger partial charge in [-0.25, -0.2) is 4.98 Å². The van der Waals surface area contributed by atoms with Crippen LogP contribution < -0.4 is 5.32 Å². The topological polar surface area (TPSA) is 101 Å². The van der Waals surface area contributed by atoms with Gasteiger partial charge in [-0.2, -0.15) is 13.2 Å². The van der Waals surface area contributed by atoms with Crippen molar-refractivity contribution in [1.29, 1.82) is 0 Å². The van der Waals surface area contributed by atoms with Crippen molar-refractivity contribution in [2.75, 3.05) is 7.05 Å². The van der Waals surface area contributed by atoms with Gasteiger partial charge in [-0.3, -0.25) is 14.4 Å². The van der Waals surface area contributed by atoms with E-state index >= 15 is 0 Å². The molecule has 1 fully saturated rings. The van der Waals surface area contributed by atoms with Crippen molar-refractivity contribution >= 4 is 17.7 Å². The summed E-state index contributed by atoms with van der Waals surface area (Å²) in [4.78, 5) is 48.9. The predicted octanol–water partition coefficient (Wildman–Crippen LogP) is 3.89. The number of furan rings is 1. The molecule has 3 heterocycles. The Balaban J connectivity index is 1.56. The smallest absolute Gasteiger partial charge is 0.449 e. The molecule has 3 amide bonds. The number of halogens is 3. The van der Waals surface area contributed by atoms with Crippen LogP contribution in [0.15, 0.2) is 53.2 Å². The van der Waals surface area contributed by atoms with Crippen molar-refractivity contribution in [1.82, 2.24) is 24.7 Å². The lowest BCUT2D eigenvalue weighted by Crippen LogP contribution is -2.67. The number of aryl methyl sites for hydroxylation is 1. The number of nitrogens with one attached hydrogen (secondary N) is 1. The van der Waals surface area contributed by atoms with Crippen LogP contribution in [0.4, 0.5) is 13.2 Å². The molecule has 0 saturated carbocycles. The molecule has 42 heavy (non-hydrogen) atoms. The standard InChI is InChI=1S/C30H34F3N5O4/c1-17(2)13-21-27(39)35-25(20-14-18-7-5-6-8-19(18)15-20)28(40)38(21)26(22-9-10-23(42-22)30(31,32)33)29(41)37(4)16-24-34-11-12-36(24)3/h5-12,17,20-21,25-26H,13-16H2,1-4H3,(H,35,39)/t21-,25-,26-/m1/s1. The number of alkyl halides is 3. The van der Waals surface area contributed by atoms with Gasteiger partial charge in [0.25, 0.3) is 5.91 Å². The van der Waals surface area contributed by atoms with Crippen LogP contribution in [0, 0.1) is 11.8 Å². The normalized spacial score (nSPS) is 20.1. The molecule has 1 aromatic carbocycles. The molecule has 1 N–H and O–H groups in total. The number of carbonyl (C=O) groups excluding carboxylic acids is 3. The van der Waals surface area contributed by atoms with Gasteiger partial charge in [0.2, 0.25) is 17.6 Å². The van der Waals surface area contributed by atoms with Gasteiger partial charge in [-0.15, -0.1) is 0 Å². The van der Waals surface area contributed by atoms with E-state index in [1.54, 1.807) is 24.0 Å². The minimum atomic E-state index is -4.80. The maximum Gasteiger partial charge on any atom is 0.449 e. The Morgan fingerprint density at radius 1 is 1.14 bits per heavy atom. The minimum absolute atomic E-state index is 0.0239. The third-order valence-corrected chi connectivity index (χ3v) is 8.07. The Hall–Kier alpha value is -4.09. The highest BCUT2D eigenvalue weighted by atomic mass is 19.4. The number of aromatic nitrogens is 2. The van der Waals surface area contributed by atoms with Crippen molar-refractivity contribution in [3.8, 4) is 0 Å². The van der Waals surface area contributed by atoms with Crippen LogP contribution in [-0.2, 0) is 47.0 Å². The second-order valence-electron chi connectivity index (χ2n) is 11.6. The zero-order valence-corrected chi connectivity index (χ0v) is 23.9. The zero-order chi connectivity index (χ0) is 30.3. The largest absolute Gasteiger partial charge is 0.454 e. The summed E-state index contributed by atoms with van der Waals surface area (Å²) in [5.41, 5.74) is 2.15. The Morgan fingerprint density at radius 3 is 2.36 bits per heavy atom. The highest BCUT2D eigenvalue weighted by Gasteiger charge is 2.51. The van der Waals surface area contributed by atoms with E-state index in [0.717, 1.165) is 23.3 Å². The fraction of sp³-hybridized carbons (Fsp3) is 0.467. The summed E-state index contributed by atoms with van der Waals surface area (Å²) in [5, 5.41) is 2.90. The molecule has 224 valence electrons. The van der Waals surface area contributed by atoms with Crippen LogP contribution in [0.3, 0.4) is 0 Å². The van der Waals surface area contributed by atoms with Crippen LogP contribution >= 0.6 is 0 Å². The van der Waals surface area contributed by atoms with Gasteiger partial charge in [-0.05, 0) is 54.4 Å². The Kier molecular flexibility index (Phi) is 7.91. The fourth-order valence-corrected chi connectivity index (χ4v) is 5.95. The van der Waals surface area contributed by atoms with Crippen LogP contribution in [0.2, 0.25) is 0 Å². The summed E-state index contributed by atoms with van der Waals surface area (Å²) in [7, 11) is 3.23. The summed E-state index contributed by atoms with van der Waals surface area (Å²) < 4.78 is 47.7. The van der Waals surface area contributed by atoms with Crippen LogP contribution in [-0.4, -0.2) is 56.2 Å². The lowest BCUT2D eigenvalue weighted by atomic mass is 9.88. The number of hydrogen-bond donors (Lipinski definition) is 1. The van der Waals surface area contributed by atoms with E-state index in [4.69, 9.17) is 4.42 Å². The van der Waals surface area contributed by atoms with Crippen LogP contribution in [0.25, 0.3) is 0 Å². The van der Waals surface area contributed by atoms with Gasteiger partial charge >= 0.3 is 6.18 Å². The van der Waals surface area contributed by atoms with Crippen molar-refractivity contribution in [3.63, 3.8) is 0 Å². The number of rotatable bonds is 8. The highest BCUT2D eigenvalue weighted by molar-refractivity contribution is 6.00. The zero-order valence-electron chi connectivity index (χ0n) is 23.9. The Bertz CT molecular complexity index is 1450. The third kappa shape index (κ3) is 5.66. The molecule has 0 spiro atoms. The van der Waals surface area contributed by atoms with Crippen molar-refractivity contribution in [3.05, 3.63) is 77.3 Å². The molecular weight excluding hydrogens is 551 g/mol. The number of fused-ring (bicyclic) bond motifs is 1. The molecule has 12 heteroatoms. The first-order valence-electron chi connectivity index (χ1n) is 13.9. The number of nitrogens with zero attached hydrogens (tertiary/aromatic N) is 4. The van der Waals surface area contributed by atoms with E-state index in [1.807, 2.05) is 38.1 Å². The molecule has 0 unspecified atom stereocenters. The predicted molar refractivity (Wildman–Crippen MR) is 145 cm³/mol. The molecule has 9 nitrogen and oxygen atoms in total. The summed E-state index contributed by atoms with van der Waals surface area (Å²) in [6.07, 6.45) is -0.236. The summed E-state index contributed by atoms with van der Waals surface area (Å²) >= 11 is 0. The maximum atomic E-state index is 14.4. The SMILES string of the molecule is CC(C)C[C@@H]1C(=O)N[C@H](C2Cc3ccccc3C2)C(=O)N1[C@@H](C(=O)N(C)Cc1nccn1C)c1ccc(C(F)(F)F)o1. The number of amides is 3. The highest BCUT2D eigenvalue weighted by Crippen LogP contribution is 2.38. The molecular formula is C30H34F3N5O4. The minimum Gasteiger partial charge on any atom is -0.454 e. The lowest BCUT2D eigenvalue weighted by Gasteiger charge is -2.44. The average Bonchev–Trinajstić information content (AvgIpc) is 3.67. The third-order valence-electron chi connectivity index (χ3n) is 8.07. The molecule has 2 aromatic heterocycles. The first kappa shape index (κ1) is 29.4. The van der Waals surface area contributed by atoms with Crippen molar-refractivity contribution < 1.29 is 32.0 Å². The van der Waals surface area contributed by atoms with Gasteiger partial charge in [0, 0.05) is 26.5 Å². The van der Waals surface area contributed by atoms with E-state index in [9.17, 15) is 27.6 Å². The summed E-state index contributed by atoms with van der Waals surface area (Å²) in [6.45, 7) is 3.76. The molecule has 0 radical (unpaired) electrons. The number of hydrogen-bond acceptors (Lipinski definition) is 5. The first-order valence-corrected chi connectivity index (χ1v) is 13.9. The number of piperazine rings is 1. The van der Waals surface area contributed by atoms with Crippen LogP contribution in [0.1, 0.15) is 54.8 Å². The molecule has 1 saturated heterocycles. The molecule has 3 aromatic rings. The summed E-state index contributed by atoms with van der Waals surface area (Å²) in [5.74, 6) is -3.11. The quantitative estimate of drug-likeness (QED) is 0.433. The Labute approximate surface area is 241 Å². The van der Waals surface area contributed by atoms with Crippen molar-refractivity contribution in [2.45, 2.75) is 64.0 Å². The average molecular weight is 586 g/mol. The first-order chi connectivity index (χ1) is 19.8. The number of imidazole rings is 1. The number of benzene rings is 1. The number of carbonyl (C=O) groups is 3. The lowest BCUT2D eigenvalue weighted by molar-refractivity contribution is -0.162. The molecule has 3 atom stereocenters. The van der Waals surface area contributed by atoms with Gasteiger partial charge in [0.1, 0.15) is 23.7 Å². The molecule has 1 aliphatic heterocycles. The molecule has 0 bridgehead atoms. The molecule has 2 aliphatic rings. The Morgan fingerprint density at radius 2 is 1.81 bits per heavy atom. The van der Waals surface area contributed by atoms with Gasteiger partial charge in [0.05, 0.1) is 6.54 Å². The van der Waals surface area contributed by atoms with Gasteiger partial charge in [-0.1, -0.05) is 38.1 Å². The van der Waals surface area contributed by atoms with E-state index in [-0.39, 0.29) is 30.6 Å². The number of likely N-dealkylation sites (N-methyl/N-ethyl adjacent to an activating group) is 1. The van der Waals surface area contributed by atoms with Crippen LogP contribution in [0.5, 0.6) is 0 Å². The van der Waals surface area contributed by atoms with Gasteiger partial charge < -0.3 is 24.1 Å². The fourth-order valence-electron chi connectivity index (χ4n) is 5.95. The van der Waals surface area contributed by atoms with Gasteiger partial charge in [0.15, 0.2) is 6.04 Å². The van der Waals surface area contributed by atoms with E-state index in [1.165, 1.54) is 16.8 Å². The second-order valence-corrected chi connectivity index (χ2v) is 11.6. The van der Waals surface area contributed by atoms with E-state index < -0.39 is 47.8 Å². The van der Waals surface area contributed by atoms with E-state index in [0.29, 0.717) is 18.7 Å². The molecule has 1 aliphatic carbocycles. The summed E-state index contributed by atoms with van der Waals surface area (Å²) in [6, 6.07) is 5.93. The molecule has 5 rings (SSSR count). The van der Waals surface area contributed by atoms with E-state index in [2.05, 4.69) is 10.3 Å². The second kappa shape index (κ2) is 11.3. The van der Waals surface area contributed by atoms with Crippen molar-refractivity contribution in [2.24, 2.45) is 18.9 Å².